The summed E-state index contributed by atoms with van der Waals surface area (Å²) in [4.78, 5) is 9.34. The second kappa shape index (κ2) is 6.03. The van der Waals surface area contributed by atoms with E-state index in [4.69, 9.17) is 5.73 Å². The maximum Gasteiger partial charge on any atom is 0.0502 e. The van der Waals surface area contributed by atoms with Crippen molar-refractivity contribution < 1.29 is 0 Å². The van der Waals surface area contributed by atoms with E-state index < -0.39 is 0 Å². The number of hydrogen-bond donors (Lipinski definition) is 2. The molecule has 0 unspecified atom stereocenters. The lowest BCUT2D eigenvalue weighted by Gasteiger charge is -1.99. The van der Waals surface area contributed by atoms with E-state index in [1.807, 2.05) is 12.3 Å². The van der Waals surface area contributed by atoms with Crippen LogP contribution in [0.2, 0.25) is 0 Å². The van der Waals surface area contributed by atoms with Gasteiger partial charge in [0.05, 0.1) is 5.70 Å². The molecule has 0 radical (unpaired) electrons. The largest absolute Gasteiger partial charge is 0.397 e. The first kappa shape index (κ1) is 14.4. The number of aliphatic imine (C=N–C) groups is 1. The minimum atomic E-state index is 0.608. The van der Waals surface area contributed by atoms with Crippen molar-refractivity contribution in [1.29, 1.82) is 0 Å². The molecule has 3 aromatic rings. The number of H-pyrrole nitrogens is 1. The van der Waals surface area contributed by atoms with Crippen molar-refractivity contribution in [3.05, 3.63) is 65.4 Å². The quantitative estimate of drug-likeness (QED) is 0.528. The second-order valence-corrected chi connectivity index (χ2v) is 6.17. The minimum absolute atomic E-state index is 0.608. The highest BCUT2D eigenvalue weighted by molar-refractivity contribution is 7.16. The van der Waals surface area contributed by atoms with Gasteiger partial charge in [0.1, 0.15) is 0 Å². The fourth-order valence-electron chi connectivity index (χ4n) is 2.38. The summed E-state index contributed by atoms with van der Waals surface area (Å²) in [5.41, 5.74) is 9.96. The number of benzene rings is 1. The van der Waals surface area contributed by atoms with E-state index in [1.165, 1.54) is 20.7 Å². The van der Waals surface area contributed by atoms with E-state index in [0.717, 1.165) is 11.1 Å². The molecule has 0 aliphatic rings. The molecule has 3 nitrogen and oxygen atoms in total. The molecule has 3 rings (SSSR count). The van der Waals surface area contributed by atoms with Gasteiger partial charge in [0, 0.05) is 27.7 Å². The predicted octanol–water partition coefficient (Wildman–Crippen LogP) is 4.80. The average molecular weight is 307 g/mol. The minimum Gasteiger partial charge on any atom is -0.397 e. The van der Waals surface area contributed by atoms with Gasteiger partial charge >= 0.3 is 0 Å². The predicted molar refractivity (Wildman–Crippen MR) is 97.1 cm³/mol. The summed E-state index contributed by atoms with van der Waals surface area (Å²) in [5.74, 6) is 0. The molecule has 110 valence electrons. The van der Waals surface area contributed by atoms with Gasteiger partial charge in [-0.25, -0.2) is 0 Å². The summed E-state index contributed by atoms with van der Waals surface area (Å²) in [6.07, 6.45) is 5.43. The first-order valence-electron chi connectivity index (χ1n) is 6.95. The van der Waals surface area contributed by atoms with Gasteiger partial charge in [0.15, 0.2) is 0 Å². The third kappa shape index (κ3) is 2.87. The number of aromatic amines is 1. The monoisotopic (exact) mass is 307 g/mol. The standard InChI is InChI=1S/C18H17N3S/c1-12(9-15(19)11-20-2)17-5-6-18(22-17)14-3-4-16-13(10-14)7-8-21-16/h3-11,21H,2,19H2,1H3/b12-9+,15-11+. The smallest absolute Gasteiger partial charge is 0.0502 e. The molecule has 2 aromatic heterocycles. The average Bonchev–Trinajstić information content (AvgIpc) is 3.15. The van der Waals surface area contributed by atoms with Gasteiger partial charge in [-0.2, -0.15) is 0 Å². The molecule has 0 amide bonds. The number of aromatic nitrogens is 1. The molecule has 4 heteroatoms. The van der Waals surface area contributed by atoms with Crippen molar-refractivity contribution in [2.75, 3.05) is 0 Å². The van der Waals surface area contributed by atoms with Crippen molar-refractivity contribution in [3.63, 3.8) is 0 Å². The summed E-state index contributed by atoms with van der Waals surface area (Å²) in [6.45, 7) is 5.46. The summed E-state index contributed by atoms with van der Waals surface area (Å²) in [7, 11) is 0. The molecule has 0 atom stereocenters. The van der Waals surface area contributed by atoms with Crippen LogP contribution in [0.15, 0.2) is 65.6 Å². The normalized spacial score (nSPS) is 12.8. The molecular formula is C18H17N3S. The van der Waals surface area contributed by atoms with Crippen LogP contribution >= 0.6 is 11.3 Å². The van der Waals surface area contributed by atoms with Crippen molar-refractivity contribution in [2.24, 2.45) is 10.7 Å². The van der Waals surface area contributed by atoms with Crippen LogP contribution in [0.1, 0.15) is 11.8 Å². The van der Waals surface area contributed by atoms with Crippen LogP contribution in [0.25, 0.3) is 26.9 Å². The maximum atomic E-state index is 5.84. The number of fused-ring (bicyclic) bond motifs is 1. The topological polar surface area (TPSA) is 54.2 Å². The summed E-state index contributed by atoms with van der Waals surface area (Å²) in [6, 6.07) is 12.8. The second-order valence-electron chi connectivity index (χ2n) is 5.08. The van der Waals surface area contributed by atoms with E-state index in [0.29, 0.717) is 5.70 Å². The van der Waals surface area contributed by atoms with Crippen LogP contribution in [0.3, 0.4) is 0 Å². The summed E-state index contributed by atoms with van der Waals surface area (Å²) in [5, 5.41) is 1.23. The first-order chi connectivity index (χ1) is 10.7. The van der Waals surface area contributed by atoms with Crippen LogP contribution in [0, 0.1) is 0 Å². The van der Waals surface area contributed by atoms with Crippen LogP contribution < -0.4 is 5.73 Å². The number of nitrogens with one attached hydrogen (secondary N) is 1. The van der Waals surface area contributed by atoms with Crippen LogP contribution in [0.5, 0.6) is 0 Å². The number of nitrogens with zero attached hydrogens (tertiary/aromatic N) is 1. The molecule has 0 aliphatic carbocycles. The van der Waals surface area contributed by atoms with Gasteiger partial charge in [-0.3, -0.25) is 4.99 Å². The van der Waals surface area contributed by atoms with Crippen molar-refractivity contribution in [3.8, 4) is 10.4 Å². The highest BCUT2D eigenvalue weighted by Gasteiger charge is 2.06. The van der Waals surface area contributed by atoms with Crippen molar-refractivity contribution in [1.82, 2.24) is 4.98 Å². The van der Waals surface area contributed by atoms with E-state index in [9.17, 15) is 0 Å². The Morgan fingerprint density at radius 3 is 2.95 bits per heavy atom. The number of rotatable bonds is 4. The Balaban J connectivity index is 1.93. The fraction of sp³-hybridized carbons (Fsp3) is 0.0556. The van der Waals surface area contributed by atoms with Crippen molar-refractivity contribution >= 4 is 34.5 Å². The highest BCUT2D eigenvalue weighted by Crippen LogP contribution is 2.33. The zero-order valence-electron chi connectivity index (χ0n) is 12.3. The van der Waals surface area contributed by atoms with Gasteiger partial charge in [-0.1, -0.05) is 6.07 Å². The Bertz CT molecular complexity index is 881. The Kier molecular flexibility index (Phi) is 3.94. The van der Waals surface area contributed by atoms with Gasteiger partial charge in [0.2, 0.25) is 0 Å². The highest BCUT2D eigenvalue weighted by atomic mass is 32.1. The van der Waals surface area contributed by atoms with E-state index in [-0.39, 0.29) is 0 Å². The molecule has 0 saturated heterocycles. The van der Waals surface area contributed by atoms with Crippen LogP contribution in [-0.2, 0) is 0 Å². The Morgan fingerprint density at radius 1 is 1.27 bits per heavy atom. The number of hydrogen-bond acceptors (Lipinski definition) is 3. The van der Waals surface area contributed by atoms with E-state index in [2.05, 4.69) is 60.0 Å². The SMILES string of the molecule is C=N/C=C(N)\C=C(/C)c1ccc(-c2ccc3[nH]ccc3c2)s1. The van der Waals surface area contributed by atoms with Gasteiger partial charge < -0.3 is 10.7 Å². The van der Waals surface area contributed by atoms with Crippen molar-refractivity contribution in [2.45, 2.75) is 6.92 Å². The lowest BCUT2D eigenvalue weighted by atomic mass is 10.1. The summed E-state index contributed by atoms with van der Waals surface area (Å²) >= 11 is 1.76. The number of thiophene rings is 1. The Labute approximate surface area is 133 Å². The third-order valence-electron chi connectivity index (χ3n) is 3.46. The molecule has 22 heavy (non-hydrogen) atoms. The lowest BCUT2D eigenvalue weighted by molar-refractivity contribution is 1.37. The molecule has 0 saturated carbocycles. The zero-order valence-corrected chi connectivity index (χ0v) is 13.2. The zero-order chi connectivity index (χ0) is 15.5. The number of nitrogens with two attached hydrogens (primary N) is 1. The molecule has 0 bridgehead atoms. The van der Waals surface area contributed by atoms with E-state index >= 15 is 0 Å². The Morgan fingerprint density at radius 2 is 2.14 bits per heavy atom. The molecule has 2 heterocycles. The molecule has 1 aromatic carbocycles. The molecule has 3 N–H and O–H groups in total. The van der Waals surface area contributed by atoms with Gasteiger partial charge in [-0.15, -0.1) is 11.3 Å². The molecular weight excluding hydrogens is 290 g/mol. The lowest BCUT2D eigenvalue weighted by Crippen LogP contribution is -1.92. The fourth-order valence-corrected chi connectivity index (χ4v) is 3.35. The summed E-state index contributed by atoms with van der Waals surface area (Å²) < 4.78 is 0. The third-order valence-corrected chi connectivity index (χ3v) is 4.73. The Hall–Kier alpha value is -2.59. The maximum absolute atomic E-state index is 5.84. The van der Waals surface area contributed by atoms with Crippen LogP contribution in [0.4, 0.5) is 0 Å². The molecule has 0 aliphatic heterocycles. The van der Waals surface area contributed by atoms with E-state index in [1.54, 1.807) is 17.5 Å². The first-order valence-corrected chi connectivity index (χ1v) is 7.76. The molecule has 0 spiro atoms. The van der Waals surface area contributed by atoms with Crippen LogP contribution in [-0.4, -0.2) is 11.7 Å². The number of allylic oxidation sites excluding steroid dienone is 2. The molecule has 0 fully saturated rings. The van der Waals surface area contributed by atoms with Gasteiger partial charge in [0.25, 0.3) is 0 Å². The van der Waals surface area contributed by atoms with Gasteiger partial charge in [-0.05, 0) is 66.6 Å².